The first kappa shape index (κ1) is 14.0. The molecule has 98 valence electrons. The van der Waals surface area contributed by atoms with Gasteiger partial charge in [0.05, 0.1) is 12.0 Å². The lowest BCUT2D eigenvalue weighted by Crippen LogP contribution is -2.50. The first-order valence-corrected chi connectivity index (χ1v) is 6.22. The van der Waals surface area contributed by atoms with Crippen LogP contribution >= 0.6 is 0 Å². The van der Waals surface area contributed by atoms with Crippen LogP contribution in [0.5, 0.6) is 0 Å². The van der Waals surface area contributed by atoms with Gasteiger partial charge in [0.15, 0.2) is 0 Å². The van der Waals surface area contributed by atoms with Crippen molar-refractivity contribution in [2.24, 2.45) is 17.1 Å². The van der Waals surface area contributed by atoms with Crippen LogP contribution in [0.1, 0.15) is 27.2 Å². The fraction of sp³-hybridized carbons (Fsp3) is 0.833. The number of likely N-dealkylation sites (N-methyl/N-ethyl adjacent to an activating group) is 1. The third-order valence-electron chi connectivity index (χ3n) is 3.74. The van der Waals surface area contributed by atoms with Crippen LogP contribution in [-0.2, 0) is 9.59 Å². The largest absolute Gasteiger partial charge is 0.368 e. The number of carbonyl (C=O) groups is 2. The van der Waals surface area contributed by atoms with Crippen molar-refractivity contribution < 1.29 is 9.59 Å². The van der Waals surface area contributed by atoms with Crippen molar-refractivity contribution in [1.29, 1.82) is 0 Å². The molecular weight excluding hydrogens is 218 g/mol. The molecule has 3 N–H and O–H groups in total. The van der Waals surface area contributed by atoms with E-state index >= 15 is 0 Å². The fourth-order valence-electron chi connectivity index (χ4n) is 2.46. The maximum Gasteiger partial charge on any atom is 0.237 e. The first-order chi connectivity index (χ1) is 7.94. The van der Waals surface area contributed by atoms with Gasteiger partial charge in [-0.1, -0.05) is 13.8 Å². The second-order valence-electron chi connectivity index (χ2n) is 5.02. The Bertz CT molecular complexity index is 296. The molecule has 0 spiro atoms. The number of nitrogens with zero attached hydrogens (tertiary/aromatic N) is 1. The molecule has 1 fully saturated rings. The summed E-state index contributed by atoms with van der Waals surface area (Å²) in [6.45, 7) is 8.08. The Morgan fingerprint density at radius 3 is 2.47 bits per heavy atom. The first-order valence-electron chi connectivity index (χ1n) is 6.22. The van der Waals surface area contributed by atoms with Crippen molar-refractivity contribution in [3.05, 3.63) is 0 Å². The molecule has 1 aliphatic heterocycles. The van der Waals surface area contributed by atoms with E-state index in [4.69, 9.17) is 5.73 Å². The molecule has 5 heteroatoms. The van der Waals surface area contributed by atoms with Crippen LogP contribution in [0.15, 0.2) is 0 Å². The van der Waals surface area contributed by atoms with Gasteiger partial charge in [0.1, 0.15) is 0 Å². The molecule has 1 atom stereocenters. The van der Waals surface area contributed by atoms with E-state index in [0.29, 0.717) is 13.1 Å². The van der Waals surface area contributed by atoms with Crippen LogP contribution in [0.2, 0.25) is 0 Å². The van der Waals surface area contributed by atoms with E-state index in [9.17, 15) is 9.59 Å². The molecule has 0 saturated carbocycles. The highest BCUT2D eigenvalue weighted by molar-refractivity contribution is 5.88. The third kappa shape index (κ3) is 2.77. The fourth-order valence-corrected chi connectivity index (χ4v) is 2.46. The van der Waals surface area contributed by atoms with E-state index in [1.807, 2.05) is 6.92 Å². The maximum atomic E-state index is 12.6. The lowest BCUT2D eigenvalue weighted by Gasteiger charge is -2.36. The van der Waals surface area contributed by atoms with Crippen LogP contribution in [0.25, 0.3) is 0 Å². The average molecular weight is 241 g/mol. The maximum absolute atomic E-state index is 12.6. The number of carbonyl (C=O) groups excluding carboxylic acids is 2. The highest BCUT2D eigenvalue weighted by Crippen LogP contribution is 2.36. The number of nitrogens with two attached hydrogens (primary N) is 1. The standard InChI is InChI=1S/C12H23N3O2/c1-4-15(7-10(13)16)11(17)12(9(2)3)5-6-14-8-12/h9,14H,4-8H2,1-3H3,(H2,13,16). The van der Waals surface area contributed by atoms with E-state index in [0.717, 1.165) is 13.0 Å². The summed E-state index contributed by atoms with van der Waals surface area (Å²) in [5.74, 6) is -0.143. The van der Waals surface area contributed by atoms with E-state index in [2.05, 4.69) is 19.2 Å². The van der Waals surface area contributed by atoms with Crippen LogP contribution < -0.4 is 11.1 Å². The molecule has 1 rings (SSSR count). The highest BCUT2D eigenvalue weighted by atomic mass is 16.2. The van der Waals surface area contributed by atoms with E-state index in [1.165, 1.54) is 0 Å². The molecule has 1 unspecified atom stereocenters. The smallest absolute Gasteiger partial charge is 0.237 e. The number of amides is 2. The lowest BCUT2D eigenvalue weighted by molar-refractivity contribution is -0.145. The van der Waals surface area contributed by atoms with Crippen LogP contribution in [0.4, 0.5) is 0 Å². The number of nitrogens with one attached hydrogen (secondary N) is 1. The Hall–Kier alpha value is -1.10. The van der Waals surface area contributed by atoms with Gasteiger partial charge in [0.25, 0.3) is 0 Å². The topological polar surface area (TPSA) is 75.4 Å². The van der Waals surface area contributed by atoms with Crippen LogP contribution in [0, 0.1) is 11.3 Å². The zero-order valence-corrected chi connectivity index (χ0v) is 11.0. The molecule has 1 heterocycles. The molecule has 0 bridgehead atoms. The summed E-state index contributed by atoms with van der Waals surface area (Å²) in [6, 6.07) is 0. The number of hydrogen-bond donors (Lipinski definition) is 2. The predicted octanol–water partition coefficient (Wildman–Crippen LogP) is -0.0441. The van der Waals surface area contributed by atoms with E-state index in [-0.39, 0.29) is 23.8 Å². The van der Waals surface area contributed by atoms with Gasteiger partial charge in [-0.2, -0.15) is 0 Å². The van der Waals surface area contributed by atoms with Crippen LogP contribution in [0.3, 0.4) is 0 Å². The second kappa shape index (κ2) is 5.49. The molecule has 17 heavy (non-hydrogen) atoms. The van der Waals surface area contributed by atoms with E-state index in [1.54, 1.807) is 4.90 Å². The van der Waals surface area contributed by atoms with E-state index < -0.39 is 5.91 Å². The van der Waals surface area contributed by atoms with Crippen molar-refractivity contribution >= 4 is 11.8 Å². The van der Waals surface area contributed by atoms with Gasteiger partial charge in [-0.15, -0.1) is 0 Å². The monoisotopic (exact) mass is 241 g/mol. The normalized spacial score (nSPS) is 24.0. The summed E-state index contributed by atoms with van der Waals surface area (Å²) < 4.78 is 0. The lowest BCUT2D eigenvalue weighted by atomic mass is 9.75. The van der Waals surface area contributed by atoms with Crippen molar-refractivity contribution in [1.82, 2.24) is 10.2 Å². The number of primary amides is 1. The van der Waals surface area contributed by atoms with Crippen LogP contribution in [-0.4, -0.2) is 42.9 Å². The van der Waals surface area contributed by atoms with Gasteiger partial charge in [-0.25, -0.2) is 0 Å². The van der Waals surface area contributed by atoms with Crippen molar-refractivity contribution in [3.63, 3.8) is 0 Å². The zero-order chi connectivity index (χ0) is 13.1. The molecule has 0 aromatic rings. The molecule has 0 aromatic heterocycles. The molecule has 2 amide bonds. The van der Waals surface area contributed by atoms with Crippen molar-refractivity contribution in [2.45, 2.75) is 27.2 Å². The summed E-state index contributed by atoms with van der Waals surface area (Å²) in [7, 11) is 0. The number of rotatable bonds is 5. The minimum Gasteiger partial charge on any atom is -0.368 e. The quantitative estimate of drug-likeness (QED) is 0.709. The molecule has 5 nitrogen and oxygen atoms in total. The Balaban J connectivity index is 2.87. The predicted molar refractivity (Wildman–Crippen MR) is 66.2 cm³/mol. The summed E-state index contributed by atoms with van der Waals surface area (Å²) in [4.78, 5) is 25.1. The minimum atomic E-state index is -0.454. The van der Waals surface area contributed by atoms with Gasteiger partial charge < -0.3 is 16.0 Å². The summed E-state index contributed by atoms with van der Waals surface area (Å²) >= 11 is 0. The Labute approximate surface area is 103 Å². The van der Waals surface area contributed by atoms with Gasteiger partial charge in [-0.05, 0) is 25.8 Å². The Morgan fingerprint density at radius 2 is 2.12 bits per heavy atom. The summed E-state index contributed by atoms with van der Waals surface area (Å²) in [5, 5.41) is 3.24. The highest BCUT2D eigenvalue weighted by Gasteiger charge is 2.45. The third-order valence-corrected chi connectivity index (χ3v) is 3.74. The van der Waals surface area contributed by atoms with Gasteiger partial charge >= 0.3 is 0 Å². The molecule has 0 aromatic carbocycles. The molecule has 0 aliphatic carbocycles. The molecule has 0 radical (unpaired) electrons. The summed E-state index contributed by atoms with van der Waals surface area (Å²) in [5.41, 5.74) is 4.81. The Kier molecular flexibility index (Phi) is 4.51. The molecule has 1 saturated heterocycles. The molecule has 1 aliphatic rings. The molecular formula is C12H23N3O2. The Morgan fingerprint density at radius 1 is 1.47 bits per heavy atom. The number of hydrogen-bond acceptors (Lipinski definition) is 3. The zero-order valence-electron chi connectivity index (χ0n) is 11.0. The minimum absolute atomic E-state index is 0.0177. The summed E-state index contributed by atoms with van der Waals surface area (Å²) in [6.07, 6.45) is 0.832. The SMILES string of the molecule is CCN(CC(N)=O)C(=O)C1(C(C)C)CCNC1. The van der Waals surface area contributed by atoms with Gasteiger partial charge in [0, 0.05) is 13.1 Å². The van der Waals surface area contributed by atoms with Crippen molar-refractivity contribution in [2.75, 3.05) is 26.2 Å². The van der Waals surface area contributed by atoms with Gasteiger partial charge in [0.2, 0.25) is 11.8 Å². The van der Waals surface area contributed by atoms with Gasteiger partial charge in [-0.3, -0.25) is 9.59 Å². The van der Waals surface area contributed by atoms with Crippen molar-refractivity contribution in [3.8, 4) is 0 Å². The second-order valence-corrected chi connectivity index (χ2v) is 5.02. The average Bonchev–Trinajstić information content (AvgIpc) is 2.74.